The van der Waals surface area contributed by atoms with Gasteiger partial charge in [-0.05, 0) is 53.5 Å². The quantitative estimate of drug-likeness (QED) is 0.489. The number of carbonyl (C=O) groups is 3. The molecule has 204 valence electrons. The Morgan fingerprint density at radius 2 is 1.73 bits per heavy atom. The fourth-order valence-electron chi connectivity index (χ4n) is 4.50. The number of carbonyl (C=O) groups excluding carboxylic acids is 3. The van der Waals surface area contributed by atoms with Crippen LogP contribution in [0.1, 0.15) is 71.0 Å². The molecule has 37 heavy (non-hydrogen) atoms. The number of aromatic nitrogens is 3. The summed E-state index contributed by atoms with van der Waals surface area (Å²) in [6.07, 6.45) is 8.74. The molecule has 3 amide bonds. The number of fused-ring (bicyclic) bond motifs is 1. The van der Waals surface area contributed by atoms with Gasteiger partial charge in [-0.1, -0.05) is 54.5 Å². The third-order valence-corrected chi connectivity index (χ3v) is 6.41. The second-order valence-corrected chi connectivity index (χ2v) is 9.70. The number of nitrogens with one attached hydrogen (secondary N) is 3. The van der Waals surface area contributed by atoms with E-state index in [0.29, 0.717) is 31.1 Å². The third-order valence-electron chi connectivity index (χ3n) is 6.41. The minimum atomic E-state index is -0.329. The Morgan fingerprint density at radius 3 is 2.30 bits per heavy atom. The second-order valence-electron chi connectivity index (χ2n) is 9.70. The maximum Gasteiger partial charge on any atom is 0.245 e. The predicted octanol–water partition coefficient (Wildman–Crippen LogP) is 2.44. The van der Waals surface area contributed by atoms with Crippen molar-refractivity contribution in [3.8, 4) is 0 Å². The molecule has 0 saturated carbocycles. The van der Waals surface area contributed by atoms with E-state index in [4.69, 9.17) is 0 Å². The average molecular weight is 514 g/mol. The van der Waals surface area contributed by atoms with Crippen molar-refractivity contribution in [1.82, 2.24) is 35.8 Å². The van der Waals surface area contributed by atoms with E-state index < -0.39 is 0 Å². The molecule has 2 saturated heterocycles. The molecule has 3 N–H and O–H groups in total. The first kappa shape index (κ1) is 30.0. The Labute approximate surface area is 220 Å². The summed E-state index contributed by atoms with van der Waals surface area (Å²) in [4.78, 5) is 36.3. The second kappa shape index (κ2) is 16.5. The van der Waals surface area contributed by atoms with Crippen LogP contribution in [0.4, 0.5) is 0 Å². The van der Waals surface area contributed by atoms with Gasteiger partial charge in [-0.2, -0.15) is 0 Å². The zero-order valence-corrected chi connectivity index (χ0v) is 22.6. The van der Waals surface area contributed by atoms with Crippen molar-refractivity contribution >= 4 is 18.2 Å². The number of nitrogens with zero attached hydrogens (tertiary/aromatic N) is 4. The van der Waals surface area contributed by atoms with Gasteiger partial charge in [0.2, 0.25) is 18.2 Å². The number of benzene rings is 1. The third kappa shape index (κ3) is 10.3. The van der Waals surface area contributed by atoms with E-state index in [2.05, 4.69) is 33.2 Å². The van der Waals surface area contributed by atoms with E-state index >= 15 is 0 Å². The molecule has 0 aliphatic carbocycles. The molecule has 2 fully saturated rings. The van der Waals surface area contributed by atoms with Crippen LogP contribution in [0.2, 0.25) is 0 Å². The van der Waals surface area contributed by atoms with Gasteiger partial charge in [0.1, 0.15) is 11.7 Å². The highest BCUT2D eigenvalue weighted by molar-refractivity contribution is 5.88. The molecule has 2 aliphatic heterocycles. The predicted molar refractivity (Wildman–Crippen MR) is 143 cm³/mol. The van der Waals surface area contributed by atoms with Crippen molar-refractivity contribution in [3.05, 3.63) is 48.3 Å². The van der Waals surface area contributed by atoms with Crippen LogP contribution in [0.3, 0.4) is 0 Å². The van der Waals surface area contributed by atoms with E-state index in [9.17, 15) is 14.4 Å². The Kier molecular flexibility index (Phi) is 13.3. The van der Waals surface area contributed by atoms with Crippen LogP contribution < -0.4 is 16.0 Å². The van der Waals surface area contributed by atoms with Crippen LogP contribution >= 0.6 is 0 Å². The largest absolute Gasteiger partial charge is 0.353 e. The van der Waals surface area contributed by atoms with E-state index in [0.717, 1.165) is 44.2 Å². The van der Waals surface area contributed by atoms with Crippen LogP contribution in [0.25, 0.3) is 0 Å². The Balaban J connectivity index is 0.000000226. The smallest absolute Gasteiger partial charge is 0.245 e. The summed E-state index contributed by atoms with van der Waals surface area (Å²) in [5, 5.41) is 16.0. The molecular formula is C27H43N7O3. The van der Waals surface area contributed by atoms with E-state index in [1.807, 2.05) is 61.3 Å². The molecule has 10 nitrogen and oxygen atoms in total. The lowest BCUT2D eigenvalue weighted by Gasteiger charge is -2.34. The Morgan fingerprint density at radius 1 is 1.08 bits per heavy atom. The van der Waals surface area contributed by atoms with Crippen LogP contribution in [0, 0.1) is 0 Å². The topological polar surface area (TPSA) is 121 Å². The maximum atomic E-state index is 12.6. The molecule has 0 radical (unpaired) electrons. The number of rotatable bonds is 7. The number of amides is 3. The molecule has 3 heterocycles. The van der Waals surface area contributed by atoms with Crippen molar-refractivity contribution < 1.29 is 14.4 Å². The summed E-state index contributed by atoms with van der Waals surface area (Å²) in [6, 6.07) is 12.7. The van der Waals surface area contributed by atoms with Gasteiger partial charge >= 0.3 is 0 Å². The molecule has 10 heteroatoms. The van der Waals surface area contributed by atoms with Gasteiger partial charge in [0, 0.05) is 18.1 Å². The molecule has 3 atom stereocenters. The minimum Gasteiger partial charge on any atom is -0.353 e. The van der Waals surface area contributed by atoms with E-state index in [1.54, 1.807) is 11.7 Å². The van der Waals surface area contributed by atoms with Crippen LogP contribution in [-0.4, -0.2) is 69.8 Å². The highest BCUT2D eigenvalue weighted by Gasteiger charge is 2.38. The minimum absolute atomic E-state index is 0.0928. The van der Waals surface area contributed by atoms with Gasteiger partial charge in [-0.15, -0.1) is 5.10 Å². The standard InChI is InChI=1S/C14H25N3O2.C7H12N4O.C6H6/c1-10-7-8-11-5-3-4-6-12(14(19)17(10)11)16-13(18)9-15-2;1-6(2)11-4-7(9-10-11)3-8-5-12;1-2-4-6-5-3-1/h10-12,15H,3-9H2,1-2H3,(H,16,18);4-6H,3H2,1-2H3,(H,8,12);1-6H. The number of hydrogen-bond acceptors (Lipinski definition) is 6. The first-order chi connectivity index (χ1) is 17.9. The first-order valence-electron chi connectivity index (χ1n) is 13.2. The molecular weight excluding hydrogens is 470 g/mol. The fourth-order valence-corrected chi connectivity index (χ4v) is 4.50. The summed E-state index contributed by atoms with van der Waals surface area (Å²) < 4.78 is 1.75. The molecule has 2 aliphatic rings. The van der Waals surface area contributed by atoms with Crippen molar-refractivity contribution in [2.45, 2.75) is 90.0 Å². The summed E-state index contributed by atoms with van der Waals surface area (Å²) in [6.45, 7) is 6.86. The molecule has 4 rings (SSSR count). The fraction of sp³-hybridized carbons (Fsp3) is 0.593. The van der Waals surface area contributed by atoms with Crippen molar-refractivity contribution in [3.63, 3.8) is 0 Å². The first-order valence-corrected chi connectivity index (χ1v) is 13.2. The molecule has 0 spiro atoms. The van der Waals surface area contributed by atoms with Gasteiger partial charge in [0.05, 0.1) is 19.3 Å². The Hall–Kier alpha value is -3.27. The zero-order chi connectivity index (χ0) is 27.0. The molecule has 1 aromatic carbocycles. The lowest BCUT2D eigenvalue weighted by atomic mass is 9.99. The van der Waals surface area contributed by atoms with Gasteiger partial charge < -0.3 is 20.9 Å². The van der Waals surface area contributed by atoms with Crippen LogP contribution in [-0.2, 0) is 20.9 Å². The Bertz CT molecular complexity index is 908. The summed E-state index contributed by atoms with van der Waals surface area (Å²) in [5.41, 5.74) is 0.774. The molecule has 2 aromatic rings. The number of hydrogen-bond donors (Lipinski definition) is 3. The summed E-state index contributed by atoms with van der Waals surface area (Å²) >= 11 is 0. The van der Waals surface area contributed by atoms with Crippen LogP contribution in [0.5, 0.6) is 0 Å². The molecule has 1 aromatic heterocycles. The summed E-state index contributed by atoms with van der Waals surface area (Å²) in [5.74, 6) is 0.0315. The lowest BCUT2D eigenvalue weighted by molar-refractivity contribution is -0.139. The van der Waals surface area contributed by atoms with Gasteiger partial charge in [-0.3, -0.25) is 14.4 Å². The van der Waals surface area contributed by atoms with Gasteiger partial charge in [0.15, 0.2) is 0 Å². The molecule has 3 unspecified atom stereocenters. The monoisotopic (exact) mass is 513 g/mol. The van der Waals surface area contributed by atoms with Crippen LogP contribution in [0.15, 0.2) is 42.6 Å². The SMILES string of the molecule is CC(C)n1cc(CNC=O)nn1.CNCC(=O)NC1CCCCC2CCC(C)N2C1=O.c1ccccc1. The van der Waals surface area contributed by atoms with Crippen molar-refractivity contribution in [1.29, 1.82) is 0 Å². The highest BCUT2D eigenvalue weighted by atomic mass is 16.2. The van der Waals surface area contributed by atoms with E-state index in [1.165, 1.54) is 0 Å². The lowest BCUT2D eigenvalue weighted by Crippen LogP contribution is -2.53. The maximum absolute atomic E-state index is 12.6. The summed E-state index contributed by atoms with van der Waals surface area (Å²) in [7, 11) is 1.73. The average Bonchev–Trinajstić information content (AvgIpc) is 3.52. The van der Waals surface area contributed by atoms with E-state index in [-0.39, 0.29) is 24.4 Å². The zero-order valence-electron chi connectivity index (χ0n) is 22.6. The highest BCUT2D eigenvalue weighted by Crippen LogP contribution is 2.30. The van der Waals surface area contributed by atoms with Crippen molar-refractivity contribution in [2.75, 3.05) is 13.6 Å². The van der Waals surface area contributed by atoms with Crippen molar-refractivity contribution in [2.24, 2.45) is 0 Å². The van der Waals surface area contributed by atoms with Gasteiger partial charge in [0.25, 0.3) is 0 Å². The van der Waals surface area contributed by atoms with Gasteiger partial charge in [-0.25, -0.2) is 4.68 Å². The molecule has 0 bridgehead atoms. The normalized spacial score (nSPS) is 20.8. The number of likely N-dealkylation sites (N-methyl/N-ethyl adjacent to an activating group) is 1.